The van der Waals surface area contributed by atoms with Gasteiger partial charge in [-0.1, -0.05) is 17.7 Å². The minimum absolute atomic E-state index is 0.672. The first-order chi connectivity index (χ1) is 14.5. The highest BCUT2D eigenvalue weighted by molar-refractivity contribution is 6.35. The number of imidazole rings is 1. The molecule has 0 atom stereocenters. The molecule has 3 aromatic heterocycles. The van der Waals surface area contributed by atoms with E-state index in [1.807, 2.05) is 41.3 Å². The van der Waals surface area contributed by atoms with Gasteiger partial charge in [0, 0.05) is 41.1 Å². The number of hydrogen-bond acceptors (Lipinski definition) is 4. The van der Waals surface area contributed by atoms with Crippen LogP contribution in [0, 0.1) is 0 Å². The van der Waals surface area contributed by atoms with Gasteiger partial charge in [0.1, 0.15) is 0 Å². The highest BCUT2D eigenvalue weighted by Crippen LogP contribution is 2.29. The number of likely N-dealkylation sites (N-methyl/N-ethyl adjacent to an activating group) is 1. The molecule has 0 aliphatic heterocycles. The van der Waals surface area contributed by atoms with Crippen molar-refractivity contribution < 1.29 is 0 Å². The molecule has 30 heavy (non-hydrogen) atoms. The van der Waals surface area contributed by atoms with Gasteiger partial charge in [-0.2, -0.15) is 5.10 Å². The molecule has 3 N–H and O–H groups in total. The summed E-state index contributed by atoms with van der Waals surface area (Å²) in [4.78, 5) is 13.3. The lowest BCUT2D eigenvalue weighted by Crippen LogP contribution is -2.18. The van der Waals surface area contributed by atoms with E-state index >= 15 is 0 Å². The summed E-state index contributed by atoms with van der Waals surface area (Å²) in [5.74, 6) is 0.672. The zero-order chi connectivity index (χ0) is 20.7. The van der Waals surface area contributed by atoms with E-state index in [4.69, 9.17) is 11.6 Å². The fourth-order valence-corrected chi connectivity index (χ4v) is 3.80. The Hall–Kier alpha value is -3.29. The van der Waals surface area contributed by atoms with Gasteiger partial charge in [0.25, 0.3) is 0 Å². The summed E-state index contributed by atoms with van der Waals surface area (Å²) in [6, 6.07) is 12.1. The SMILES string of the molecule is CN(C)CCn1cc(-c2ccc3nc(Nc4cc(Cl)c5cc[nH]c5c4)[nH]c3c2)cn1. The smallest absolute Gasteiger partial charge is 0.205 e. The van der Waals surface area contributed by atoms with E-state index in [0.29, 0.717) is 11.0 Å². The van der Waals surface area contributed by atoms with Gasteiger partial charge in [0.05, 0.1) is 28.8 Å². The van der Waals surface area contributed by atoms with Crippen molar-refractivity contribution in [2.24, 2.45) is 0 Å². The van der Waals surface area contributed by atoms with Crippen molar-refractivity contribution in [1.29, 1.82) is 0 Å². The van der Waals surface area contributed by atoms with Crippen LogP contribution in [0.4, 0.5) is 11.6 Å². The molecule has 0 saturated carbocycles. The summed E-state index contributed by atoms with van der Waals surface area (Å²) in [6.45, 7) is 1.81. The molecular formula is C22H22ClN7. The molecule has 152 valence electrons. The number of nitrogens with one attached hydrogen (secondary N) is 3. The van der Waals surface area contributed by atoms with Crippen molar-refractivity contribution in [1.82, 2.24) is 29.6 Å². The number of H-pyrrole nitrogens is 2. The van der Waals surface area contributed by atoms with Crippen molar-refractivity contribution >= 4 is 45.2 Å². The van der Waals surface area contributed by atoms with Crippen LogP contribution in [0.1, 0.15) is 0 Å². The number of aromatic amines is 2. The first-order valence-corrected chi connectivity index (χ1v) is 10.1. The lowest BCUT2D eigenvalue weighted by Gasteiger charge is -2.08. The second-order valence-corrected chi connectivity index (χ2v) is 8.04. The van der Waals surface area contributed by atoms with Crippen molar-refractivity contribution in [3.8, 4) is 11.1 Å². The van der Waals surface area contributed by atoms with Crippen LogP contribution in [-0.4, -0.2) is 50.3 Å². The third kappa shape index (κ3) is 3.65. The molecule has 0 spiro atoms. The van der Waals surface area contributed by atoms with E-state index in [0.717, 1.165) is 51.8 Å². The van der Waals surface area contributed by atoms with Crippen LogP contribution in [0.3, 0.4) is 0 Å². The molecule has 3 heterocycles. The van der Waals surface area contributed by atoms with Gasteiger partial charge in [-0.3, -0.25) is 4.68 Å². The van der Waals surface area contributed by atoms with Crippen LogP contribution in [-0.2, 0) is 6.54 Å². The molecule has 8 heteroatoms. The van der Waals surface area contributed by atoms with E-state index in [1.54, 1.807) is 0 Å². The van der Waals surface area contributed by atoms with Crippen LogP contribution in [0.2, 0.25) is 5.02 Å². The van der Waals surface area contributed by atoms with E-state index in [-0.39, 0.29) is 0 Å². The predicted octanol–water partition coefficient (Wildman–Crippen LogP) is 4.87. The van der Waals surface area contributed by atoms with E-state index < -0.39 is 0 Å². The highest BCUT2D eigenvalue weighted by Gasteiger charge is 2.09. The second kappa shape index (κ2) is 7.51. The third-order valence-corrected chi connectivity index (χ3v) is 5.42. The Kier molecular flexibility index (Phi) is 4.69. The first kappa shape index (κ1) is 18.7. The maximum absolute atomic E-state index is 6.38. The zero-order valence-corrected chi connectivity index (χ0v) is 17.5. The van der Waals surface area contributed by atoms with Crippen LogP contribution >= 0.6 is 11.6 Å². The van der Waals surface area contributed by atoms with Crippen LogP contribution in [0.5, 0.6) is 0 Å². The molecule has 0 bridgehead atoms. The zero-order valence-electron chi connectivity index (χ0n) is 16.8. The van der Waals surface area contributed by atoms with Crippen molar-refractivity contribution in [2.45, 2.75) is 6.54 Å². The molecule has 7 nitrogen and oxygen atoms in total. The lowest BCUT2D eigenvalue weighted by atomic mass is 10.1. The maximum Gasteiger partial charge on any atom is 0.205 e. The number of anilines is 2. The summed E-state index contributed by atoms with van der Waals surface area (Å²) in [7, 11) is 4.12. The minimum Gasteiger partial charge on any atom is -0.361 e. The van der Waals surface area contributed by atoms with E-state index in [9.17, 15) is 0 Å². The van der Waals surface area contributed by atoms with Gasteiger partial charge >= 0.3 is 0 Å². The van der Waals surface area contributed by atoms with Crippen molar-refractivity contribution in [3.63, 3.8) is 0 Å². The number of fused-ring (bicyclic) bond motifs is 2. The molecule has 5 aromatic rings. The summed E-state index contributed by atoms with van der Waals surface area (Å²) in [5.41, 5.74) is 5.90. The molecule has 0 unspecified atom stereocenters. The maximum atomic E-state index is 6.38. The average molecular weight is 420 g/mol. The van der Waals surface area contributed by atoms with E-state index in [2.05, 4.69) is 62.7 Å². The minimum atomic E-state index is 0.672. The lowest BCUT2D eigenvalue weighted by molar-refractivity contribution is 0.373. The molecule has 0 radical (unpaired) electrons. The fourth-order valence-electron chi connectivity index (χ4n) is 3.52. The summed E-state index contributed by atoms with van der Waals surface area (Å²) in [5, 5.41) is 9.48. The number of halogens is 1. The van der Waals surface area contributed by atoms with Gasteiger partial charge in [0.2, 0.25) is 5.95 Å². The third-order valence-electron chi connectivity index (χ3n) is 5.11. The molecule has 2 aromatic carbocycles. The summed E-state index contributed by atoms with van der Waals surface area (Å²) >= 11 is 6.38. The van der Waals surface area contributed by atoms with Gasteiger partial charge in [-0.05, 0) is 50.0 Å². The van der Waals surface area contributed by atoms with Crippen LogP contribution in [0.15, 0.2) is 55.0 Å². The average Bonchev–Trinajstić information content (AvgIpc) is 3.44. The fraction of sp³-hybridized carbons (Fsp3) is 0.182. The molecule has 0 fully saturated rings. The van der Waals surface area contributed by atoms with Gasteiger partial charge in [0.15, 0.2) is 0 Å². The molecular weight excluding hydrogens is 398 g/mol. The summed E-state index contributed by atoms with van der Waals surface area (Å²) in [6.07, 6.45) is 5.86. The largest absolute Gasteiger partial charge is 0.361 e. The van der Waals surface area contributed by atoms with Gasteiger partial charge < -0.3 is 20.2 Å². The normalized spacial score (nSPS) is 11.7. The molecule has 5 rings (SSSR count). The van der Waals surface area contributed by atoms with Gasteiger partial charge in [-0.15, -0.1) is 0 Å². The highest BCUT2D eigenvalue weighted by atomic mass is 35.5. The standard InChI is InChI=1S/C22H22ClN7/c1-29(2)7-8-30-13-15(12-25-30)14-3-4-19-21(9-14)28-22(27-19)26-16-10-18(23)17-5-6-24-20(17)11-16/h3-6,9-13,24H,7-8H2,1-2H3,(H2,26,27,28). The Balaban J connectivity index is 1.39. The van der Waals surface area contributed by atoms with Crippen molar-refractivity contribution in [3.05, 3.63) is 60.0 Å². The Morgan fingerprint density at radius 2 is 2.00 bits per heavy atom. The van der Waals surface area contributed by atoms with Crippen LogP contribution in [0.25, 0.3) is 33.1 Å². The Bertz CT molecular complexity index is 1330. The quantitative estimate of drug-likeness (QED) is 0.367. The number of aromatic nitrogens is 5. The number of rotatable bonds is 6. The van der Waals surface area contributed by atoms with Crippen molar-refractivity contribution in [2.75, 3.05) is 26.0 Å². The molecule has 0 aliphatic rings. The number of benzene rings is 2. The van der Waals surface area contributed by atoms with E-state index in [1.165, 1.54) is 0 Å². The van der Waals surface area contributed by atoms with Crippen LogP contribution < -0.4 is 5.32 Å². The Labute approximate surface area is 178 Å². The number of hydrogen-bond donors (Lipinski definition) is 3. The Morgan fingerprint density at radius 1 is 1.10 bits per heavy atom. The predicted molar refractivity (Wildman–Crippen MR) is 122 cm³/mol. The topological polar surface area (TPSA) is 77.6 Å². The second-order valence-electron chi connectivity index (χ2n) is 7.63. The Morgan fingerprint density at radius 3 is 2.87 bits per heavy atom. The molecule has 0 saturated heterocycles. The molecule has 0 amide bonds. The number of nitrogens with zero attached hydrogens (tertiary/aromatic N) is 4. The first-order valence-electron chi connectivity index (χ1n) is 9.76. The summed E-state index contributed by atoms with van der Waals surface area (Å²) < 4.78 is 1.97. The van der Waals surface area contributed by atoms with Gasteiger partial charge in [-0.25, -0.2) is 4.98 Å². The molecule has 0 aliphatic carbocycles. The monoisotopic (exact) mass is 419 g/mol.